The van der Waals surface area contributed by atoms with Crippen molar-refractivity contribution in [1.82, 2.24) is 9.97 Å². The first kappa shape index (κ1) is 11.1. The Bertz CT molecular complexity index is 676. The lowest BCUT2D eigenvalue weighted by atomic mass is 10.2. The first-order valence-electron chi connectivity index (χ1n) is 5.36. The van der Waals surface area contributed by atoms with Crippen LogP contribution in [0.3, 0.4) is 0 Å². The molecule has 2 heterocycles. The van der Waals surface area contributed by atoms with Gasteiger partial charge < -0.3 is 9.15 Å². The van der Waals surface area contributed by atoms with Crippen LogP contribution in [0.25, 0.3) is 22.7 Å². The fourth-order valence-electron chi connectivity index (χ4n) is 1.72. The number of benzene rings is 1. The molecule has 3 rings (SSSR count). The normalized spacial score (nSPS) is 10.8. The number of fused-ring (bicyclic) bond motifs is 1. The highest BCUT2D eigenvalue weighted by Crippen LogP contribution is 2.28. The van der Waals surface area contributed by atoms with Gasteiger partial charge in [-0.25, -0.2) is 4.98 Å². The Balaban J connectivity index is 2.16. The fraction of sp³-hybridized carbons (Fsp3) is 0.0769. The highest BCUT2D eigenvalue weighted by Gasteiger charge is 2.10. The summed E-state index contributed by atoms with van der Waals surface area (Å²) >= 11 is 4.33. The number of hydrogen-bond acceptors (Lipinski definition) is 5. The van der Waals surface area contributed by atoms with E-state index in [9.17, 15) is 0 Å². The molecule has 0 spiro atoms. The smallest absolute Gasteiger partial charge is 0.229 e. The third-order valence-corrected chi connectivity index (χ3v) is 2.80. The average Bonchev–Trinajstić information content (AvgIpc) is 2.81. The number of pyridine rings is 1. The molecular formula is C13H10N2O2S. The van der Waals surface area contributed by atoms with Gasteiger partial charge in [0.25, 0.3) is 0 Å². The van der Waals surface area contributed by atoms with Crippen LogP contribution < -0.4 is 4.74 Å². The van der Waals surface area contributed by atoms with Crippen LogP contribution in [0.2, 0.25) is 0 Å². The number of ether oxygens (including phenoxy) is 1. The van der Waals surface area contributed by atoms with Gasteiger partial charge in [-0.1, -0.05) is 0 Å². The molecule has 5 heteroatoms. The molecule has 18 heavy (non-hydrogen) atoms. The molecule has 2 aromatic heterocycles. The van der Waals surface area contributed by atoms with Crippen LogP contribution in [0, 0.1) is 0 Å². The van der Waals surface area contributed by atoms with Crippen LogP contribution in [0.15, 0.2) is 45.8 Å². The topological polar surface area (TPSA) is 48.2 Å². The van der Waals surface area contributed by atoms with Crippen molar-refractivity contribution < 1.29 is 9.15 Å². The van der Waals surface area contributed by atoms with Crippen molar-refractivity contribution in [3.8, 4) is 17.2 Å². The van der Waals surface area contributed by atoms with Gasteiger partial charge >= 0.3 is 0 Å². The van der Waals surface area contributed by atoms with Crippen molar-refractivity contribution in [2.24, 2.45) is 0 Å². The van der Waals surface area contributed by atoms with E-state index in [1.165, 1.54) is 0 Å². The molecule has 0 saturated carbocycles. The predicted octanol–water partition coefficient (Wildman–Crippen LogP) is 3.19. The van der Waals surface area contributed by atoms with Gasteiger partial charge in [-0.2, -0.15) is 4.98 Å². The van der Waals surface area contributed by atoms with E-state index in [1.807, 2.05) is 30.3 Å². The average molecular weight is 258 g/mol. The van der Waals surface area contributed by atoms with Crippen molar-refractivity contribution in [1.29, 1.82) is 0 Å². The first-order chi connectivity index (χ1) is 8.76. The van der Waals surface area contributed by atoms with Crippen LogP contribution in [0.4, 0.5) is 0 Å². The van der Waals surface area contributed by atoms with E-state index in [1.54, 1.807) is 13.3 Å². The lowest BCUT2D eigenvalue weighted by Crippen LogP contribution is -1.85. The number of nitrogens with zero attached hydrogens (tertiary/aromatic N) is 2. The fourth-order valence-corrected chi connectivity index (χ4v) is 1.98. The summed E-state index contributed by atoms with van der Waals surface area (Å²) in [6.07, 6.45) is 1.68. The molecule has 0 unspecified atom stereocenters. The van der Waals surface area contributed by atoms with Gasteiger partial charge in [-0.15, -0.1) is 12.6 Å². The Kier molecular flexibility index (Phi) is 2.68. The van der Waals surface area contributed by atoms with Crippen LogP contribution >= 0.6 is 12.6 Å². The van der Waals surface area contributed by atoms with E-state index in [0.717, 1.165) is 10.5 Å². The number of thiol groups is 1. The largest absolute Gasteiger partial charge is 0.497 e. The zero-order valence-electron chi connectivity index (χ0n) is 9.62. The van der Waals surface area contributed by atoms with Crippen molar-refractivity contribution >= 4 is 23.9 Å². The van der Waals surface area contributed by atoms with Gasteiger partial charge in [0.1, 0.15) is 5.75 Å². The van der Waals surface area contributed by atoms with Crippen LogP contribution in [0.5, 0.6) is 5.75 Å². The summed E-state index contributed by atoms with van der Waals surface area (Å²) in [6.45, 7) is 0. The molecular weight excluding hydrogens is 248 g/mol. The maximum Gasteiger partial charge on any atom is 0.229 e. The third kappa shape index (κ3) is 1.93. The number of methoxy groups -OCH3 is 1. The second kappa shape index (κ2) is 4.34. The van der Waals surface area contributed by atoms with Crippen molar-refractivity contribution in [2.45, 2.75) is 4.90 Å². The third-order valence-electron chi connectivity index (χ3n) is 2.54. The predicted molar refractivity (Wildman–Crippen MR) is 71.0 cm³/mol. The summed E-state index contributed by atoms with van der Waals surface area (Å²) in [5.74, 6) is 1.23. The van der Waals surface area contributed by atoms with Crippen molar-refractivity contribution in [3.63, 3.8) is 0 Å². The number of hydrogen-bond donors (Lipinski definition) is 1. The second-order valence-corrected chi connectivity index (χ2v) is 4.28. The van der Waals surface area contributed by atoms with E-state index < -0.39 is 0 Å². The Hall–Kier alpha value is -2.01. The Morgan fingerprint density at radius 2 is 2.17 bits per heavy atom. The first-order valence-corrected chi connectivity index (χ1v) is 5.81. The van der Waals surface area contributed by atoms with Gasteiger partial charge in [0.05, 0.1) is 7.11 Å². The molecule has 0 fully saturated rings. The zero-order valence-corrected chi connectivity index (χ0v) is 10.5. The summed E-state index contributed by atoms with van der Waals surface area (Å²) in [5.41, 5.74) is 2.07. The van der Waals surface area contributed by atoms with E-state index in [-0.39, 0.29) is 0 Å². The molecule has 0 saturated heterocycles. The van der Waals surface area contributed by atoms with Crippen molar-refractivity contribution in [3.05, 3.63) is 36.5 Å². The van der Waals surface area contributed by atoms with Crippen molar-refractivity contribution in [2.75, 3.05) is 7.11 Å². The molecule has 0 aliphatic heterocycles. The highest BCUT2D eigenvalue weighted by molar-refractivity contribution is 7.80. The van der Waals surface area contributed by atoms with E-state index >= 15 is 0 Å². The molecule has 0 aliphatic rings. The highest BCUT2D eigenvalue weighted by atomic mass is 32.1. The van der Waals surface area contributed by atoms with Crippen LogP contribution in [0.1, 0.15) is 0 Å². The van der Waals surface area contributed by atoms with E-state index in [0.29, 0.717) is 22.9 Å². The molecule has 0 atom stereocenters. The number of oxazole rings is 1. The monoisotopic (exact) mass is 258 g/mol. The second-order valence-electron chi connectivity index (χ2n) is 3.76. The molecule has 0 bridgehead atoms. The maximum atomic E-state index is 5.65. The molecule has 90 valence electrons. The summed E-state index contributed by atoms with van der Waals surface area (Å²) in [6, 6.07) is 9.20. The summed E-state index contributed by atoms with van der Waals surface area (Å²) in [7, 11) is 1.61. The Labute approximate surface area is 109 Å². The number of rotatable bonds is 2. The zero-order chi connectivity index (χ0) is 12.5. The lowest BCUT2D eigenvalue weighted by Gasteiger charge is -2.03. The molecule has 0 radical (unpaired) electrons. The molecule has 0 amide bonds. The lowest BCUT2D eigenvalue weighted by molar-refractivity contribution is 0.413. The standard InChI is InChI=1S/C13H10N2O2S/c1-16-9-5-8(6-10(18)7-9)13-15-12-11(17-13)3-2-4-14-12/h2-7,18H,1H3. The minimum absolute atomic E-state index is 0.512. The summed E-state index contributed by atoms with van der Waals surface area (Å²) in [5, 5.41) is 0. The number of aromatic nitrogens is 2. The molecule has 3 aromatic rings. The molecule has 0 N–H and O–H groups in total. The van der Waals surface area contributed by atoms with Gasteiger partial charge in [0, 0.05) is 16.7 Å². The summed E-state index contributed by atoms with van der Waals surface area (Å²) in [4.78, 5) is 9.26. The van der Waals surface area contributed by atoms with E-state index in [4.69, 9.17) is 9.15 Å². The van der Waals surface area contributed by atoms with Crippen LogP contribution in [-0.4, -0.2) is 17.1 Å². The maximum absolute atomic E-state index is 5.65. The Morgan fingerprint density at radius 1 is 1.28 bits per heavy atom. The minimum atomic E-state index is 0.512. The van der Waals surface area contributed by atoms with Gasteiger partial charge in [0.2, 0.25) is 5.89 Å². The Morgan fingerprint density at radius 3 is 2.94 bits per heavy atom. The SMILES string of the molecule is COc1cc(S)cc(-c2nc3ncccc3o2)c1. The quantitative estimate of drug-likeness (QED) is 0.717. The molecule has 4 nitrogen and oxygen atoms in total. The van der Waals surface area contributed by atoms with Gasteiger partial charge in [0.15, 0.2) is 11.2 Å². The van der Waals surface area contributed by atoms with Gasteiger partial charge in [-0.05, 0) is 30.3 Å². The van der Waals surface area contributed by atoms with E-state index in [2.05, 4.69) is 22.6 Å². The van der Waals surface area contributed by atoms with Gasteiger partial charge in [-0.3, -0.25) is 0 Å². The minimum Gasteiger partial charge on any atom is -0.497 e. The van der Waals surface area contributed by atoms with Crippen LogP contribution in [-0.2, 0) is 0 Å². The molecule has 1 aromatic carbocycles. The summed E-state index contributed by atoms with van der Waals surface area (Å²) < 4.78 is 10.8. The molecule has 0 aliphatic carbocycles.